The van der Waals surface area contributed by atoms with Gasteiger partial charge in [0.25, 0.3) is 0 Å². The molecule has 1 aliphatic rings. The monoisotopic (exact) mass is 289 g/mol. The smallest absolute Gasteiger partial charge is 0.313 e. The lowest BCUT2D eigenvalue weighted by Crippen LogP contribution is -2.42. The molecule has 18 heavy (non-hydrogen) atoms. The summed E-state index contributed by atoms with van der Waals surface area (Å²) < 4.78 is 6.30. The predicted octanol–water partition coefficient (Wildman–Crippen LogP) is 1.33. The Bertz CT molecular complexity index is 413. The van der Waals surface area contributed by atoms with Crippen LogP contribution in [-0.4, -0.2) is 52.8 Å². The van der Waals surface area contributed by atoms with Crippen LogP contribution < -0.4 is 4.90 Å². The number of carbonyl (C=O) groups is 1. The van der Waals surface area contributed by atoms with E-state index < -0.39 is 5.97 Å². The van der Waals surface area contributed by atoms with Gasteiger partial charge in [-0.2, -0.15) is 0 Å². The van der Waals surface area contributed by atoms with Gasteiger partial charge >= 0.3 is 5.97 Å². The van der Waals surface area contributed by atoms with Crippen molar-refractivity contribution in [1.82, 2.24) is 10.2 Å². The number of nitrogens with zero attached hydrogens (tertiary/aromatic N) is 3. The molecule has 1 fully saturated rings. The van der Waals surface area contributed by atoms with Gasteiger partial charge in [-0.15, -0.1) is 10.2 Å². The lowest BCUT2D eigenvalue weighted by atomic mass is 10.2. The summed E-state index contributed by atoms with van der Waals surface area (Å²) in [5.41, 5.74) is 0. The van der Waals surface area contributed by atoms with Gasteiger partial charge in [-0.3, -0.25) is 4.79 Å². The minimum atomic E-state index is -0.839. The highest BCUT2D eigenvalue weighted by molar-refractivity contribution is 8.01. The number of carboxylic acid groups (broad SMARTS) is 1. The van der Waals surface area contributed by atoms with Gasteiger partial charge in [-0.25, -0.2) is 0 Å². The quantitative estimate of drug-likeness (QED) is 0.819. The van der Waals surface area contributed by atoms with Gasteiger partial charge in [0.05, 0.1) is 18.5 Å². The highest BCUT2D eigenvalue weighted by Gasteiger charge is 2.22. The van der Waals surface area contributed by atoms with E-state index in [1.54, 1.807) is 0 Å². The Kier molecular flexibility index (Phi) is 4.79. The summed E-state index contributed by atoms with van der Waals surface area (Å²) >= 11 is 2.65. The summed E-state index contributed by atoms with van der Waals surface area (Å²) in [6.45, 7) is 4.45. The molecule has 1 unspecified atom stereocenters. The van der Waals surface area contributed by atoms with E-state index in [9.17, 15) is 4.79 Å². The van der Waals surface area contributed by atoms with Gasteiger partial charge in [0.1, 0.15) is 0 Å². The Balaban J connectivity index is 1.94. The number of thioether (sulfide) groups is 1. The Hall–Kier alpha value is -0.860. The minimum Gasteiger partial charge on any atom is -0.481 e. The van der Waals surface area contributed by atoms with Crippen LogP contribution in [0.4, 0.5) is 5.13 Å². The van der Waals surface area contributed by atoms with Crippen molar-refractivity contribution in [2.45, 2.75) is 23.8 Å². The number of anilines is 1. The van der Waals surface area contributed by atoms with E-state index in [0.29, 0.717) is 10.9 Å². The number of hydrogen-bond donors (Lipinski definition) is 1. The summed E-state index contributed by atoms with van der Waals surface area (Å²) in [4.78, 5) is 12.6. The third-order valence-electron chi connectivity index (χ3n) is 2.58. The normalized spacial score (nSPS) is 20.1. The average molecular weight is 289 g/mol. The predicted molar refractivity (Wildman–Crippen MR) is 70.5 cm³/mol. The Morgan fingerprint density at radius 2 is 2.50 bits per heavy atom. The van der Waals surface area contributed by atoms with Gasteiger partial charge in [-0.1, -0.05) is 30.0 Å². The zero-order valence-electron chi connectivity index (χ0n) is 10.0. The topological polar surface area (TPSA) is 75.6 Å². The van der Waals surface area contributed by atoms with Crippen LogP contribution in [0, 0.1) is 0 Å². The van der Waals surface area contributed by atoms with Crippen molar-refractivity contribution in [3.8, 4) is 0 Å². The van der Waals surface area contributed by atoms with Crippen LogP contribution in [0.2, 0.25) is 0 Å². The molecule has 1 aliphatic heterocycles. The molecular formula is C10H15N3O3S2. The number of carboxylic acids is 1. The third kappa shape index (κ3) is 3.56. The van der Waals surface area contributed by atoms with Gasteiger partial charge in [-0.05, 0) is 6.42 Å². The summed E-state index contributed by atoms with van der Waals surface area (Å²) in [6, 6.07) is 0. The van der Waals surface area contributed by atoms with Crippen molar-refractivity contribution in [1.29, 1.82) is 0 Å². The fourth-order valence-corrected chi connectivity index (χ4v) is 3.25. The van der Waals surface area contributed by atoms with Crippen molar-refractivity contribution in [2.24, 2.45) is 0 Å². The van der Waals surface area contributed by atoms with Crippen LogP contribution in [0.15, 0.2) is 4.34 Å². The van der Waals surface area contributed by atoms with Crippen molar-refractivity contribution < 1.29 is 14.6 Å². The highest BCUT2D eigenvalue weighted by atomic mass is 32.2. The van der Waals surface area contributed by atoms with Crippen LogP contribution >= 0.6 is 23.1 Å². The maximum absolute atomic E-state index is 10.5. The van der Waals surface area contributed by atoms with E-state index in [1.807, 2.05) is 0 Å². The zero-order valence-corrected chi connectivity index (χ0v) is 11.7. The lowest BCUT2D eigenvalue weighted by molar-refractivity contribution is -0.133. The molecule has 0 spiro atoms. The number of hydrogen-bond acceptors (Lipinski definition) is 7. The van der Waals surface area contributed by atoms with Gasteiger partial charge in [0, 0.05) is 13.1 Å². The molecular weight excluding hydrogens is 274 g/mol. The molecule has 8 heteroatoms. The summed E-state index contributed by atoms with van der Waals surface area (Å²) in [5, 5.41) is 17.6. The number of ether oxygens (including phenoxy) is 1. The second-order valence-electron chi connectivity index (χ2n) is 3.88. The fraction of sp³-hybridized carbons (Fsp3) is 0.700. The van der Waals surface area contributed by atoms with Crippen LogP contribution in [-0.2, 0) is 9.53 Å². The zero-order chi connectivity index (χ0) is 13.0. The first-order valence-electron chi connectivity index (χ1n) is 5.73. The van der Waals surface area contributed by atoms with Crippen LogP contribution in [0.25, 0.3) is 0 Å². The molecule has 0 bridgehead atoms. The molecule has 6 nitrogen and oxygen atoms in total. The first-order chi connectivity index (χ1) is 8.69. The Morgan fingerprint density at radius 3 is 3.22 bits per heavy atom. The van der Waals surface area contributed by atoms with Crippen molar-refractivity contribution in [3.63, 3.8) is 0 Å². The van der Waals surface area contributed by atoms with Crippen molar-refractivity contribution >= 4 is 34.2 Å². The van der Waals surface area contributed by atoms with Crippen LogP contribution in [0.3, 0.4) is 0 Å². The molecule has 1 aromatic rings. The maximum atomic E-state index is 10.5. The molecule has 1 saturated heterocycles. The molecule has 1 aromatic heterocycles. The van der Waals surface area contributed by atoms with Gasteiger partial charge in [0.2, 0.25) is 5.13 Å². The molecule has 1 N–H and O–H groups in total. The van der Waals surface area contributed by atoms with E-state index in [4.69, 9.17) is 9.84 Å². The molecule has 0 radical (unpaired) electrons. The molecule has 0 amide bonds. The van der Waals surface area contributed by atoms with E-state index in [1.165, 1.54) is 23.1 Å². The molecule has 2 heterocycles. The molecule has 0 aromatic carbocycles. The maximum Gasteiger partial charge on any atom is 0.313 e. The molecule has 100 valence electrons. The highest BCUT2D eigenvalue weighted by Crippen LogP contribution is 2.29. The number of morpholine rings is 1. The number of aliphatic carboxylic acids is 1. The minimum absolute atomic E-state index is 0.0231. The molecule has 0 saturated carbocycles. The lowest BCUT2D eigenvalue weighted by Gasteiger charge is -2.31. The molecule has 1 atom stereocenters. The number of rotatable bonds is 5. The molecule has 2 rings (SSSR count). The van der Waals surface area contributed by atoms with Crippen LogP contribution in [0.1, 0.15) is 13.3 Å². The van der Waals surface area contributed by atoms with Crippen LogP contribution in [0.5, 0.6) is 0 Å². The summed E-state index contributed by atoms with van der Waals surface area (Å²) in [6.07, 6.45) is 1.23. The first kappa shape index (κ1) is 13.6. The van der Waals surface area contributed by atoms with E-state index in [-0.39, 0.29) is 11.9 Å². The Morgan fingerprint density at radius 1 is 1.67 bits per heavy atom. The summed E-state index contributed by atoms with van der Waals surface area (Å²) in [7, 11) is 0. The van der Waals surface area contributed by atoms with E-state index >= 15 is 0 Å². The first-order valence-corrected chi connectivity index (χ1v) is 7.54. The van der Waals surface area contributed by atoms with Gasteiger partial charge < -0.3 is 14.7 Å². The summed E-state index contributed by atoms with van der Waals surface area (Å²) in [5.74, 6) is -0.816. The van der Waals surface area contributed by atoms with E-state index in [2.05, 4.69) is 22.0 Å². The fourth-order valence-electron chi connectivity index (χ4n) is 1.65. The SMILES string of the molecule is CCC1CN(c2nnc(SCC(=O)O)s2)CCO1. The number of aromatic nitrogens is 2. The largest absolute Gasteiger partial charge is 0.481 e. The van der Waals surface area contributed by atoms with Crippen molar-refractivity contribution in [3.05, 3.63) is 0 Å². The Labute approximate surface area is 113 Å². The van der Waals surface area contributed by atoms with Gasteiger partial charge in [0.15, 0.2) is 4.34 Å². The third-order valence-corrected chi connectivity index (χ3v) is 4.68. The average Bonchev–Trinajstić information content (AvgIpc) is 2.85. The second-order valence-corrected chi connectivity index (χ2v) is 6.06. The molecule has 0 aliphatic carbocycles. The second kappa shape index (κ2) is 6.35. The standard InChI is InChI=1S/C10H15N3O3S2/c1-2-7-5-13(3-4-16-7)9-11-12-10(18-9)17-6-8(14)15/h7H,2-6H2,1H3,(H,14,15). The van der Waals surface area contributed by atoms with Crippen molar-refractivity contribution in [2.75, 3.05) is 30.3 Å². The van der Waals surface area contributed by atoms with E-state index in [0.717, 1.165) is 24.6 Å².